The van der Waals surface area contributed by atoms with Gasteiger partial charge < -0.3 is 9.15 Å². The minimum Gasteiger partial charge on any atom is -0.493 e. The van der Waals surface area contributed by atoms with Crippen LogP contribution >= 0.6 is 22.9 Å². The van der Waals surface area contributed by atoms with E-state index in [2.05, 4.69) is 9.71 Å². The van der Waals surface area contributed by atoms with Crippen molar-refractivity contribution in [2.24, 2.45) is 0 Å². The molecule has 0 aliphatic rings. The molecule has 0 amide bonds. The third-order valence-electron chi connectivity index (χ3n) is 4.74. The maximum Gasteiger partial charge on any atom is 0.417 e. The number of anilines is 1. The molecule has 7 nitrogen and oxygen atoms in total. The largest absolute Gasteiger partial charge is 0.493 e. The molecule has 0 spiro atoms. The molecule has 0 bridgehead atoms. The van der Waals surface area contributed by atoms with E-state index in [4.69, 9.17) is 20.8 Å². The van der Waals surface area contributed by atoms with Gasteiger partial charge in [-0.2, -0.15) is 13.2 Å². The maximum absolute atomic E-state index is 13.1. The number of nitrogens with zero attached hydrogens (tertiary/aromatic N) is 1. The highest BCUT2D eigenvalue weighted by Gasteiger charge is 2.34. The number of hydrogen-bond donors (Lipinski definition) is 1. The van der Waals surface area contributed by atoms with Gasteiger partial charge in [0.05, 0.1) is 33.3 Å². The van der Waals surface area contributed by atoms with Crippen molar-refractivity contribution in [3.8, 4) is 17.0 Å². The molecule has 0 aliphatic carbocycles. The SMILES string of the molecule is CCCOc1ccc2cc(-c3csc(NS(=O)(=O)c4ccc(Cl)c(C(F)(F)F)c4)n3)c(=O)oc2c1. The Morgan fingerprint density at radius 2 is 1.94 bits per heavy atom. The minimum atomic E-state index is -4.83. The Hall–Kier alpha value is -3.09. The van der Waals surface area contributed by atoms with Gasteiger partial charge in [0.15, 0.2) is 5.13 Å². The van der Waals surface area contributed by atoms with Gasteiger partial charge in [-0.25, -0.2) is 18.2 Å². The van der Waals surface area contributed by atoms with Crippen molar-refractivity contribution in [1.29, 1.82) is 0 Å². The van der Waals surface area contributed by atoms with E-state index in [1.165, 1.54) is 5.38 Å². The lowest BCUT2D eigenvalue weighted by Crippen LogP contribution is -2.15. The Balaban J connectivity index is 1.62. The molecule has 0 saturated carbocycles. The molecule has 13 heteroatoms. The first-order chi connectivity index (χ1) is 16.5. The molecule has 0 unspecified atom stereocenters. The summed E-state index contributed by atoms with van der Waals surface area (Å²) in [5.74, 6) is 0.552. The Bertz CT molecular complexity index is 1570. The maximum atomic E-state index is 13.1. The molecule has 2 aromatic heterocycles. The van der Waals surface area contributed by atoms with Crippen LogP contribution in [0, 0.1) is 0 Å². The average molecular weight is 545 g/mol. The van der Waals surface area contributed by atoms with Crippen molar-refractivity contribution in [3.63, 3.8) is 0 Å². The minimum absolute atomic E-state index is 0.0901. The second kappa shape index (κ2) is 9.51. The zero-order valence-electron chi connectivity index (χ0n) is 17.8. The van der Waals surface area contributed by atoms with Crippen molar-refractivity contribution in [1.82, 2.24) is 4.98 Å². The van der Waals surface area contributed by atoms with Crippen molar-refractivity contribution < 1.29 is 30.7 Å². The van der Waals surface area contributed by atoms with Crippen molar-refractivity contribution >= 4 is 49.1 Å². The number of alkyl halides is 3. The Kier molecular flexibility index (Phi) is 6.80. The van der Waals surface area contributed by atoms with Crippen molar-refractivity contribution in [2.75, 3.05) is 11.3 Å². The molecule has 0 aliphatic heterocycles. The summed E-state index contributed by atoms with van der Waals surface area (Å²) in [5.41, 5.74) is -1.43. The van der Waals surface area contributed by atoms with Crippen LogP contribution in [-0.2, 0) is 16.2 Å². The molecule has 184 valence electrons. The van der Waals surface area contributed by atoms with E-state index in [0.29, 0.717) is 29.4 Å². The topological polar surface area (TPSA) is 98.5 Å². The van der Waals surface area contributed by atoms with Gasteiger partial charge in [0.1, 0.15) is 11.3 Å². The standard InChI is InChI=1S/C22H16ClF3N2O5S2/c1-2-7-32-13-4-3-12-8-15(20(29)33-19(12)9-13)18-11-34-21(27-18)28-35(30,31)14-5-6-17(23)16(10-14)22(24,25)26/h3-6,8-11H,2,7H2,1H3,(H,27,28). The van der Waals surface area contributed by atoms with Gasteiger partial charge in [0, 0.05) is 16.8 Å². The van der Waals surface area contributed by atoms with Gasteiger partial charge in [-0.1, -0.05) is 18.5 Å². The number of fused-ring (bicyclic) bond motifs is 1. The number of hydrogen-bond acceptors (Lipinski definition) is 7. The van der Waals surface area contributed by atoms with Crippen LogP contribution in [-0.4, -0.2) is 20.0 Å². The van der Waals surface area contributed by atoms with Crippen LogP contribution in [0.25, 0.3) is 22.2 Å². The summed E-state index contributed by atoms with van der Waals surface area (Å²) in [6, 6.07) is 8.82. The number of thiazole rings is 1. The zero-order valence-corrected chi connectivity index (χ0v) is 20.2. The van der Waals surface area contributed by atoms with Crippen molar-refractivity contribution in [3.05, 3.63) is 68.9 Å². The smallest absolute Gasteiger partial charge is 0.417 e. The Morgan fingerprint density at radius 1 is 1.17 bits per heavy atom. The zero-order chi connectivity index (χ0) is 25.4. The lowest BCUT2D eigenvalue weighted by molar-refractivity contribution is -0.137. The Labute approximate surface area is 206 Å². The van der Waals surface area contributed by atoms with Crippen LogP contribution in [0.3, 0.4) is 0 Å². The first-order valence-electron chi connectivity index (χ1n) is 10.0. The molecule has 0 atom stereocenters. The van der Waals surface area contributed by atoms with Crippen molar-refractivity contribution in [2.45, 2.75) is 24.4 Å². The third kappa shape index (κ3) is 5.44. The summed E-state index contributed by atoms with van der Waals surface area (Å²) in [5, 5.41) is 1.25. The fourth-order valence-electron chi connectivity index (χ4n) is 3.09. The van der Waals surface area contributed by atoms with Gasteiger partial charge in [0.25, 0.3) is 10.0 Å². The molecule has 2 heterocycles. The van der Waals surface area contributed by atoms with E-state index in [1.807, 2.05) is 6.92 Å². The first kappa shape index (κ1) is 25.0. The summed E-state index contributed by atoms with van der Waals surface area (Å²) < 4.78 is 77.6. The molecule has 4 rings (SSSR count). The molecule has 4 aromatic rings. The van der Waals surface area contributed by atoms with E-state index in [9.17, 15) is 26.4 Å². The number of benzene rings is 2. The lowest BCUT2D eigenvalue weighted by Gasteiger charge is -2.11. The quantitative estimate of drug-likeness (QED) is 0.279. The number of ether oxygens (including phenoxy) is 1. The number of halogens is 4. The van der Waals surface area contributed by atoms with Crippen LogP contribution < -0.4 is 15.1 Å². The molecule has 0 radical (unpaired) electrons. The van der Waals surface area contributed by atoms with Crippen LogP contribution in [0.15, 0.2) is 62.0 Å². The van der Waals surface area contributed by atoms with E-state index >= 15 is 0 Å². The molecular weight excluding hydrogens is 529 g/mol. The highest BCUT2D eigenvalue weighted by Crippen LogP contribution is 2.36. The molecule has 35 heavy (non-hydrogen) atoms. The van der Waals surface area contributed by atoms with Crippen LogP contribution in [0.1, 0.15) is 18.9 Å². The summed E-state index contributed by atoms with van der Waals surface area (Å²) in [6.07, 6.45) is -4.01. The van der Waals surface area contributed by atoms with Crippen LogP contribution in [0.2, 0.25) is 5.02 Å². The van der Waals surface area contributed by atoms with E-state index in [1.54, 1.807) is 24.3 Å². The van der Waals surface area contributed by atoms with Gasteiger partial charge >= 0.3 is 11.8 Å². The second-order valence-corrected chi connectivity index (χ2v) is 10.2. The van der Waals surface area contributed by atoms with E-state index in [-0.39, 0.29) is 16.4 Å². The molecule has 0 saturated heterocycles. The molecule has 1 N–H and O–H groups in total. The number of rotatable bonds is 7. The summed E-state index contributed by atoms with van der Waals surface area (Å²) in [4.78, 5) is 16.0. The summed E-state index contributed by atoms with van der Waals surface area (Å²) >= 11 is 6.41. The highest BCUT2D eigenvalue weighted by molar-refractivity contribution is 7.93. The monoisotopic (exact) mass is 544 g/mol. The van der Waals surface area contributed by atoms with Crippen LogP contribution in [0.4, 0.5) is 18.3 Å². The van der Waals surface area contributed by atoms with Gasteiger partial charge in [-0.3, -0.25) is 4.72 Å². The number of sulfonamides is 1. The van der Waals surface area contributed by atoms with E-state index < -0.39 is 37.3 Å². The van der Waals surface area contributed by atoms with Gasteiger partial charge in [-0.15, -0.1) is 11.3 Å². The lowest BCUT2D eigenvalue weighted by atomic mass is 10.1. The fraction of sp³-hybridized carbons (Fsp3) is 0.182. The molecule has 2 aromatic carbocycles. The molecule has 0 fully saturated rings. The highest BCUT2D eigenvalue weighted by atomic mass is 35.5. The first-order valence-corrected chi connectivity index (χ1v) is 12.8. The second-order valence-electron chi connectivity index (χ2n) is 7.28. The van der Waals surface area contributed by atoms with E-state index in [0.717, 1.165) is 29.9 Å². The number of aromatic nitrogens is 1. The van der Waals surface area contributed by atoms with Gasteiger partial charge in [-0.05, 0) is 42.8 Å². The normalized spacial score (nSPS) is 12.1. The fourth-order valence-corrected chi connectivity index (χ4v) is 5.30. The Morgan fingerprint density at radius 3 is 2.66 bits per heavy atom. The predicted octanol–water partition coefficient (Wildman–Crippen LogP) is 6.18. The predicted molar refractivity (Wildman–Crippen MR) is 127 cm³/mol. The number of nitrogens with one attached hydrogen (secondary N) is 1. The summed E-state index contributed by atoms with van der Waals surface area (Å²) in [6.45, 7) is 2.48. The summed E-state index contributed by atoms with van der Waals surface area (Å²) in [7, 11) is -4.42. The van der Waals surface area contributed by atoms with Crippen LogP contribution in [0.5, 0.6) is 5.75 Å². The third-order valence-corrected chi connectivity index (χ3v) is 7.29. The molecular formula is C22H16ClF3N2O5S2. The van der Waals surface area contributed by atoms with Gasteiger partial charge in [0.2, 0.25) is 0 Å². The average Bonchev–Trinajstić information content (AvgIpc) is 3.23.